The maximum Gasteiger partial charge on any atom is 0.257 e. The summed E-state index contributed by atoms with van der Waals surface area (Å²) in [5.74, 6) is 0.0906. The third-order valence-electron chi connectivity index (χ3n) is 2.83. The summed E-state index contributed by atoms with van der Waals surface area (Å²) in [7, 11) is 0. The minimum atomic E-state index is 0.0906. The molecule has 1 aliphatic heterocycles. The van der Waals surface area contributed by atoms with Crippen LogP contribution in [-0.2, 0) is 0 Å². The fourth-order valence-electron chi connectivity index (χ4n) is 1.98. The molecule has 0 aromatic carbocycles. The molecule has 0 bridgehead atoms. The number of amides is 1. The molecule has 0 spiro atoms. The fourth-order valence-corrected chi connectivity index (χ4v) is 2.65. The Labute approximate surface area is 97.6 Å². The van der Waals surface area contributed by atoms with Crippen molar-refractivity contribution in [3.05, 3.63) is 24.2 Å². The third-order valence-corrected chi connectivity index (χ3v) is 3.58. The Bertz CT molecular complexity index is 323. The van der Waals surface area contributed by atoms with E-state index in [1.165, 1.54) is 12.7 Å². The molecular formula is C11H14BrNO2. The summed E-state index contributed by atoms with van der Waals surface area (Å²) in [5.41, 5.74) is 0.655. The number of furan rings is 1. The van der Waals surface area contributed by atoms with Gasteiger partial charge in [-0.3, -0.25) is 4.79 Å². The van der Waals surface area contributed by atoms with Gasteiger partial charge < -0.3 is 9.32 Å². The zero-order valence-electron chi connectivity index (χ0n) is 8.49. The van der Waals surface area contributed by atoms with Crippen LogP contribution in [0.4, 0.5) is 0 Å². The molecule has 1 unspecified atom stereocenters. The molecule has 15 heavy (non-hydrogen) atoms. The summed E-state index contributed by atoms with van der Waals surface area (Å²) < 4.78 is 4.94. The highest BCUT2D eigenvalue weighted by Gasteiger charge is 2.26. The maximum atomic E-state index is 12.1. The third kappa shape index (κ3) is 2.25. The highest BCUT2D eigenvalue weighted by molar-refractivity contribution is 9.09. The van der Waals surface area contributed by atoms with E-state index in [-0.39, 0.29) is 5.91 Å². The molecule has 1 aromatic heterocycles. The van der Waals surface area contributed by atoms with Gasteiger partial charge in [-0.1, -0.05) is 15.9 Å². The maximum absolute atomic E-state index is 12.1. The largest absolute Gasteiger partial charge is 0.472 e. The topological polar surface area (TPSA) is 33.5 Å². The number of hydrogen-bond donors (Lipinski definition) is 0. The van der Waals surface area contributed by atoms with Gasteiger partial charge in [-0.25, -0.2) is 0 Å². The molecule has 1 aliphatic rings. The van der Waals surface area contributed by atoms with Gasteiger partial charge in [-0.2, -0.15) is 0 Å². The summed E-state index contributed by atoms with van der Waals surface area (Å²) in [6.07, 6.45) is 6.47. The predicted octanol–water partition coefficient (Wildman–Crippen LogP) is 2.67. The smallest absolute Gasteiger partial charge is 0.257 e. The van der Waals surface area contributed by atoms with Crippen LogP contribution < -0.4 is 0 Å². The Kier molecular flexibility index (Phi) is 3.46. The van der Waals surface area contributed by atoms with Crippen molar-refractivity contribution >= 4 is 21.8 Å². The van der Waals surface area contributed by atoms with Crippen molar-refractivity contribution in [2.75, 3.05) is 11.9 Å². The highest BCUT2D eigenvalue weighted by atomic mass is 79.9. The summed E-state index contributed by atoms with van der Waals surface area (Å²) >= 11 is 3.47. The molecule has 1 amide bonds. The minimum absolute atomic E-state index is 0.0906. The van der Waals surface area contributed by atoms with Crippen molar-refractivity contribution in [1.82, 2.24) is 4.90 Å². The van der Waals surface area contributed by atoms with E-state index < -0.39 is 0 Å². The van der Waals surface area contributed by atoms with Gasteiger partial charge in [-0.15, -0.1) is 0 Å². The highest BCUT2D eigenvalue weighted by Crippen LogP contribution is 2.21. The van der Waals surface area contributed by atoms with Crippen molar-refractivity contribution in [1.29, 1.82) is 0 Å². The number of alkyl halides is 1. The zero-order valence-corrected chi connectivity index (χ0v) is 10.1. The SMILES string of the molecule is O=C(c1ccoc1)N1CCCCC1CBr. The second-order valence-electron chi connectivity index (χ2n) is 3.81. The lowest BCUT2D eigenvalue weighted by Crippen LogP contribution is -2.44. The van der Waals surface area contributed by atoms with Crippen LogP contribution in [0.3, 0.4) is 0 Å². The fraction of sp³-hybridized carbons (Fsp3) is 0.545. The molecule has 0 radical (unpaired) electrons. The van der Waals surface area contributed by atoms with Crippen molar-refractivity contribution < 1.29 is 9.21 Å². The van der Waals surface area contributed by atoms with Crippen LogP contribution in [0.2, 0.25) is 0 Å². The molecule has 0 saturated carbocycles. The summed E-state index contributed by atoms with van der Waals surface area (Å²) in [6.45, 7) is 0.861. The van der Waals surface area contributed by atoms with E-state index in [9.17, 15) is 4.79 Å². The van der Waals surface area contributed by atoms with E-state index in [0.29, 0.717) is 11.6 Å². The van der Waals surface area contributed by atoms with Gasteiger partial charge >= 0.3 is 0 Å². The molecule has 2 rings (SSSR count). The Balaban J connectivity index is 2.11. The quantitative estimate of drug-likeness (QED) is 0.775. The number of piperidine rings is 1. The molecule has 1 atom stereocenters. The van der Waals surface area contributed by atoms with Gasteiger partial charge in [0.15, 0.2) is 0 Å². The van der Waals surface area contributed by atoms with Gasteiger partial charge in [0.2, 0.25) is 0 Å². The summed E-state index contributed by atoms with van der Waals surface area (Å²) in [4.78, 5) is 14.0. The van der Waals surface area contributed by atoms with Crippen LogP contribution in [0.15, 0.2) is 23.0 Å². The molecule has 0 aliphatic carbocycles. The molecule has 0 N–H and O–H groups in total. The van der Waals surface area contributed by atoms with Crippen molar-refractivity contribution in [3.63, 3.8) is 0 Å². The Morgan fingerprint density at radius 3 is 3.13 bits per heavy atom. The monoisotopic (exact) mass is 271 g/mol. The summed E-state index contributed by atoms with van der Waals surface area (Å²) in [5, 5.41) is 0.858. The van der Waals surface area contributed by atoms with Crippen LogP contribution >= 0.6 is 15.9 Å². The minimum Gasteiger partial charge on any atom is -0.472 e. The van der Waals surface area contributed by atoms with E-state index in [0.717, 1.165) is 24.7 Å². The van der Waals surface area contributed by atoms with Crippen molar-refractivity contribution in [3.8, 4) is 0 Å². The normalized spacial score (nSPS) is 21.7. The standard InChI is InChI=1S/C11H14BrNO2/c12-7-10-3-1-2-5-13(10)11(14)9-4-6-15-8-9/h4,6,8,10H,1-3,5,7H2. The van der Waals surface area contributed by atoms with Crippen LogP contribution in [0.25, 0.3) is 0 Å². The van der Waals surface area contributed by atoms with Crippen LogP contribution in [-0.4, -0.2) is 28.7 Å². The van der Waals surface area contributed by atoms with Crippen LogP contribution in [0.1, 0.15) is 29.6 Å². The molecule has 2 heterocycles. The first kappa shape index (κ1) is 10.7. The number of hydrogen-bond acceptors (Lipinski definition) is 2. The first-order valence-electron chi connectivity index (χ1n) is 5.22. The lowest BCUT2D eigenvalue weighted by Gasteiger charge is -2.34. The zero-order chi connectivity index (χ0) is 10.7. The Hall–Kier alpha value is -0.770. The van der Waals surface area contributed by atoms with Crippen molar-refractivity contribution in [2.45, 2.75) is 25.3 Å². The predicted molar refractivity (Wildman–Crippen MR) is 61.2 cm³/mol. The molecule has 1 saturated heterocycles. The number of rotatable bonds is 2. The first-order valence-corrected chi connectivity index (χ1v) is 6.34. The molecular weight excluding hydrogens is 258 g/mol. The van der Waals surface area contributed by atoms with Gasteiger partial charge in [0, 0.05) is 17.9 Å². The molecule has 4 heteroatoms. The van der Waals surface area contributed by atoms with E-state index in [4.69, 9.17) is 4.42 Å². The lowest BCUT2D eigenvalue weighted by atomic mass is 10.0. The number of carbonyl (C=O) groups is 1. The first-order chi connectivity index (χ1) is 7.33. The average molecular weight is 272 g/mol. The molecule has 1 fully saturated rings. The van der Waals surface area contributed by atoms with E-state index in [1.807, 2.05) is 4.90 Å². The van der Waals surface area contributed by atoms with E-state index in [2.05, 4.69) is 15.9 Å². The van der Waals surface area contributed by atoms with Gasteiger partial charge in [0.25, 0.3) is 5.91 Å². The molecule has 82 valence electrons. The average Bonchev–Trinajstić information content (AvgIpc) is 2.81. The van der Waals surface area contributed by atoms with Crippen LogP contribution in [0, 0.1) is 0 Å². The summed E-state index contributed by atoms with van der Waals surface area (Å²) in [6, 6.07) is 2.06. The number of likely N-dealkylation sites (tertiary alicyclic amines) is 1. The van der Waals surface area contributed by atoms with Crippen molar-refractivity contribution in [2.24, 2.45) is 0 Å². The van der Waals surface area contributed by atoms with Crippen LogP contribution in [0.5, 0.6) is 0 Å². The Morgan fingerprint density at radius 1 is 1.60 bits per heavy atom. The van der Waals surface area contributed by atoms with Gasteiger partial charge in [-0.05, 0) is 25.3 Å². The molecule has 3 nitrogen and oxygen atoms in total. The number of nitrogens with zero attached hydrogens (tertiary/aromatic N) is 1. The second-order valence-corrected chi connectivity index (χ2v) is 4.46. The van der Waals surface area contributed by atoms with Gasteiger partial charge in [0.05, 0.1) is 11.8 Å². The number of carbonyl (C=O) groups excluding carboxylic acids is 1. The van der Waals surface area contributed by atoms with E-state index >= 15 is 0 Å². The van der Waals surface area contributed by atoms with Gasteiger partial charge in [0.1, 0.15) is 6.26 Å². The molecule has 1 aromatic rings. The lowest BCUT2D eigenvalue weighted by molar-refractivity contribution is 0.0641. The number of halogens is 1. The Morgan fingerprint density at radius 2 is 2.47 bits per heavy atom. The van der Waals surface area contributed by atoms with E-state index in [1.54, 1.807) is 12.3 Å². The second kappa shape index (κ2) is 4.84.